The molecule has 2 amide bonds. The molecule has 8 nitrogen and oxygen atoms in total. The van der Waals surface area contributed by atoms with Crippen LogP contribution in [0.2, 0.25) is 0 Å². The first-order valence-electron chi connectivity index (χ1n) is 8.58. The van der Waals surface area contributed by atoms with Crippen LogP contribution in [0.3, 0.4) is 0 Å². The van der Waals surface area contributed by atoms with Gasteiger partial charge in [0, 0.05) is 10.0 Å². The monoisotopic (exact) mass is 475 g/mol. The van der Waals surface area contributed by atoms with Crippen molar-refractivity contribution in [1.29, 1.82) is 0 Å². The number of H-pyrrole nitrogens is 1. The Hall–Kier alpha value is -2.98. The molecule has 0 aliphatic heterocycles. The molecule has 1 heterocycles. The van der Waals surface area contributed by atoms with Gasteiger partial charge < -0.3 is 15.4 Å². The summed E-state index contributed by atoms with van der Waals surface area (Å²) in [6.07, 6.45) is 0. The molecule has 1 aromatic heterocycles. The van der Waals surface area contributed by atoms with Gasteiger partial charge in [0.2, 0.25) is 11.8 Å². The van der Waals surface area contributed by atoms with Crippen molar-refractivity contribution in [2.45, 2.75) is 6.54 Å². The molecular formula is C19H18BrN5O3S. The molecular weight excluding hydrogens is 458 g/mol. The van der Waals surface area contributed by atoms with E-state index in [-0.39, 0.29) is 24.9 Å². The van der Waals surface area contributed by atoms with Crippen LogP contribution in [-0.4, -0.2) is 40.2 Å². The minimum atomic E-state index is -0.362. The van der Waals surface area contributed by atoms with Gasteiger partial charge in [0.15, 0.2) is 10.6 Å². The number of nitrogens with one attached hydrogen (secondary N) is 3. The van der Waals surface area contributed by atoms with Crippen LogP contribution in [0.25, 0.3) is 11.4 Å². The molecule has 3 aromatic rings. The highest BCUT2D eigenvalue weighted by atomic mass is 79.9. The molecule has 0 bridgehead atoms. The normalized spacial score (nSPS) is 10.4. The third-order valence-electron chi connectivity index (χ3n) is 4.00. The van der Waals surface area contributed by atoms with Gasteiger partial charge in [-0.1, -0.05) is 12.1 Å². The number of ether oxygens (including phenoxy) is 1. The maximum atomic E-state index is 12.3. The number of carbonyl (C=O) groups is 2. The predicted molar refractivity (Wildman–Crippen MR) is 115 cm³/mol. The lowest BCUT2D eigenvalue weighted by Crippen LogP contribution is -2.35. The fourth-order valence-electron chi connectivity index (χ4n) is 2.56. The van der Waals surface area contributed by atoms with Gasteiger partial charge in [0.1, 0.15) is 12.3 Å². The van der Waals surface area contributed by atoms with Gasteiger partial charge in [-0.2, -0.15) is 5.10 Å². The van der Waals surface area contributed by atoms with Crippen molar-refractivity contribution >= 4 is 45.6 Å². The number of para-hydroxylation sites is 1. The Bertz CT molecular complexity index is 1080. The summed E-state index contributed by atoms with van der Waals surface area (Å²) in [6, 6.07) is 14.5. The second kappa shape index (κ2) is 9.48. The van der Waals surface area contributed by atoms with Crippen LogP contribution in [0.15, 0.2) is 53.0 Å². The largest absolute Gasteiger partial charge is 0.497 e. The van der Waals surface area contributed by atoms with Crippen molar-refractivity contribution in [1.82, 2.24) is 20.1 Å². The first kappa shape index (κ1) is 20.7. The standard InChI is InChI=1S/C19H18BrN5O3S/c1-28-13-8-6-12(7-9-13)18-23-24-19(29)25(18)11-17(27)21-10-16(26)22-15-5-3-2-4-14(15)20/h2-9H,10-11H2,1H3,(H,21,27)(H,22,26)(H,24,29). The second-order valence-corrected chi connectivity index (χ2v) is 7.21. The number of aromatic amines is 1. The van der Waals surface area contributed by atoms with Gasteiger partial charge in [-0.05, 0) is 64.5 Å². The Morgan fingerprint density at radius 1 is 1.17 bits per heavy atom. The fraction of sp³-hybridized carbons (Fsp3) is 0.158. The highest BCUT2D eigenvalue weighted by Gasteiger charge is 2.14. The topological polar surface area (TPSA) is 101 Å². The van der Waals surface area contributed by atoms with E-state index in [0.717, 1.165) is 10.0 Å². The lowest BCUT2D eigenvalue weighted by Gasteiger charge is -2.10. The third kappa shape index (κ3) is 5.30. The van der Waals surface area contributed by atoms with Crippen LogP contribution in [0.4, 0.5) is 5.69 Å². The molecule has 0 saturated heterocycles. The molecule has 0 unspecified atom stereocenters. The fourth-order valence-corrected chi connectivity index (χ4v) is 3.14. The number of amides is 2. The quantitative estimate of drug-likeness (QED) is 0.455. The van der Waals surface area contributed by atoms with Crippen molar-refractivity contribution in [2.75, 3.05) is 19.0 Å². The van der Waals surface area contributed by atoms with E-state index in [1.165, 1.54) is 0 Å². The van der Waals surface area contributed by atoms with Crippen LogP contribution in [0, 0.1) is 4.77 Å². The Labute approximate surface area is 180 Å². The minimum absolute atomic E-state index is 0.0704. The number of aromatic nitrogens is 3. The molecule has 2 aromatic carbocycles. The van der Waals surface area contributed by atoms with E-state index < -0.39 is 0 Å². The molecule has 3 rings (SSSR count). The molecule has 0 saturated carbocycles. The zero-order valence-corrected chi connectivity index (χ0v) is 17.8. The number of benzene rings is 2. The number of hydrogen-bond acceptors (Lipinski definition) is 5. The van der Waals surface area contributed by atoms with Gasteiger partial charge in [0.25, 0.3) is 0 Å². The van der Waals surface area contributed by atoms with Gasteiger partial charge in [0.05, 0.1) is 19.3 Å². The van der Waals surface area contributed by atoms with E-state index in [4.69, 9.17) is 17.0 Å². The van der Waals surface area contributed by atoms with Crippen molar-refractivity contribution in [3.05, 3.63) is 57.8 Å². The van der Waals surface area contributed by atoms with E-state index in [9.17, 15) is 9.59 Å². The summed E-state index contributed by atoms with van der Waals surface area (Å²) < 4.78 is 7.78. The van der Waals surface area contributed by atoms with Gasteiger partial charge in [-0.25, -0.2) is 0 Å². The molecule has 29 heavy (non-hydrogen) atoms. The second-order valence-electron chi connectivity index (χ2n) is 5.97. The summed E-state index contributed by atoms with van der Waals surface area (Å²) >= 11 is 8.59. The minimum Gasteiger partial charge on any atom is -0.497 e. The number of carbonyl (C=O) groups excluding carboxylic acids is 2. The summed E-state index contributed by atoms with van der Waals surface area (Å²) in [7, 11) is 1.59. The number of nitrogens with zero attached hydrogens (tertiary/aromatic N) is 2. The Morgan fingerprint density at radius 2 is 1.90 bits per heavy atom. The highest BCUT2D eigenvalue weighted by molar-refractivity contribution is 9.10. The summed E-state index contributed by atoms with van der Waals surface area (Å²) in [6.45, 7) is -0.234. The van der Waals surface area contributed by atoms with Crippen LogP contribution in [0.1, 0.15) is 0 Å². The maximum absolute atomic E-state index is 12.3. The summed E-state index contributed by atoms with van der Waals surface area (Å²) in [4.78, 5) is 24.4. The van der Waals surface area contributed by atoms with Crippen molar-refractivity contribution in [2.24, 2.45) is 0 Å². The highest BCUT2D eigenvalue weighted by Crippen LogP contribution is 2.21. The Morgan fingerprint density at radius 3 is 2.59 bits per heavy atom. The van der Waals surface area contributed by atoms with E-state index >= 15 is 0 Å². The maximum Gasteiger partial charge on any atom is 0.243 e. The predicted octanol–water partition coefficient (Wildman–Crippen LogP) is 3.13. The Balaban J connectivity index is 1.62. The van der Waals surface area contributed by atoms with E-state index in [2.05, 4.69) is 36.8 Å². The molecule has 3 N–H and O–H groups in total. The SMILES string of the molecule is COc1ccc(-c2n[nH]c(=S)n2CC(=O)NCC(=O)Nc2ccccc2Br)cc1. The molecule has 0 aliphatic carbocycles. The lowest BCUT2D eigenvalue weighted by molar-refractivity contribution is -0.124. The van der Waals surface area contributed by atoms with Crippen LogP contribution < -0.4 is 15.4 Å². The van der Waals surface area contributed by atoms with Crippen molar-refractivity contribution in [3.63, 3.8) is 0 Å². The number of halogens is 1. The molecule has 0 atom stereocenters. The van der Waals surface area contributed by atoms with Gasteiger partial charge in [-0.3, -0.25) is 19.3 Å². The van der Waals surface area contributed by atoms with Gasteiger partial charge in [-0.15, -0.1) is 0 Å². The molecule has 0 spiro atoms. The van der Waals surface area contributed by atoms with Crippen LogP contribution in [0.5, 0.6) is 5.75 Å². The van der Waals surface area contributed by atoms with Crippen molar-refractivity contribution in [3.8, 4) is 17.1 Å². The first-order chi connectivity index (χ1) is 14.0. The average molecular weight is 476 g/mol. The molecule has 0 fully saturated rings. The number of hydrogen-bond donors (Lipinski definition) is 3. The van der Waals surface area contributed by atoms with E-state index in [0.29, 0.717) is 22.0 Å². The molecule has 0 radical (unpaired) electrons. The molecule has 0 aliphatic rings. The van der Waals surface area contributed by atoms with E-state index in [1.807, 2.05) is 24.3 Å². The summed E-state index contributed by atoms with van der Waals surface area (Å²) in [5.74, 6) is 0.532. The molecule has 150 valence electrons. The summed E-state index contributed by atoms with van der Waals surface area (Å²) in [5, 5.41) is 12.2. The molecule has 10 heteroatoms. The average Bonchev–Trinajstić information content (AvgIpc) is 3.08. The lowest BCUT2D eigenvalue weighted by atomic mass is 10.2. The summed E-state index contributed by atoms with van der Waals surface area (Å²) in [5.41, 5.74) is 1.41. The first-order valence-corrected chi connectivity index (χ1v) is 9.79. The smallest absolute Gasteiger partial charge is 0.243 e. The zero-order valence-electron chi connectivity index (χ0n) is 15.4. The number of rotatable bonds is 7. The van der Waals surface area contributed by atoms with Crippen LogP contribution >= 0.6 is 28.1 Å². The van der Waals surface area contributed by atoms with Crippen molar-refractivity contribution < 1.29 is 14.3 Å². The number of anilines is 1. The zero-order chi connectivity index (χ0) is 20.8. The Kier molecular flexibility index (Phi) is 6.78. The third-order valence-corrected chi connectivity index (χ3v) is 5.01. The number of methoxy groups -OCH3 is 1. The van der Waals surface area contributed by atoms with Crippen LogP contribution in [-0.2, 0) is 16.1 Å². The van der Waals surface area contributed by atoms with Gasteiger partial charge >= 0.3 is 0 Å². The van der Waals surface area contributed by atoms with E-state index in [1.54, 1.807) is 35.9 Å².